The molecule has 0 radical (unpaired) electrons. The summed E-state index contributed by atoms with van der Waals surface area (Å²) in [4.78, 5) is 15.2. The maximum Gasteiger partial charge on any atom is 0.162 e. The second-order valence-electron chi connectivity index (χ2n) is 5.60. The van der Waals surface area contributed by atoms with E-state index in [4.69, 9.17) is 9.97 Å². The number of aryl methyl sites for hydroxylation is 1. The molecule has 4 rings (SSSR count). The zero-order valence-electron chi connectivity index (χ0n) is 13.4. The van der Waals surface area contributed by atoms with Crippen molar-refractivity contribution in [3.8, 4) is 11.4 Å². The molecule has 0 bridgehead atoms. The molecule has 0 fully saturated rings. The summed E-state index contributed by atoms with van der Waals surface area (Å²) in [5.41, 5.74) is 1.99. The summed E-state index contributed by atoms with van der Waals surface area (Å²) in [6.07, 6.45) is 1.91. The number of nitrogens with zero attached hydrogens (tertiary/aromatic N) is 3. The molecule has 1 atom stereocenters. The lowest BCUT2D eigenvalue weighted by Crippen LogP contribution is -2.09. The van der Waals surface area contributed by atoms with Crippen molar-refractivity contribution < 1.29 is 0 Å². The topological polar surface area (TPSA) is 50.7 Å². The Balaban J connectivity index is 1.78. The van der Waals surface area contributed by atoms with Gasteiger partial charge < -0.3 is 5.32 Å². The second kappa shape index (κ2) is 6.30. The number of fused-ring (bicyclic) bond motifs is 1. The predicted molar refractivity (Wildman–Crippen MR) is 102 cm³/mol. The minimum atomic E-state index is 0.0948. The Morgan fingerprint density at radius 3 is 2.75 bits per heavy atom. The van der Waals surface area contributed by atoms with E-state index >= 15 is 0 Å². The number of rotatable bonds is 4. The second-order valence-corrected chi connectivity index (χ2v) is 7.65. The Bertz CT molecular complexity index is 976. The fraction of sp³-hybridized carbons (Fsp3) is 0.167. The summed E-state index contributed by atoms with van der Waals surface area (Å²) in [5, 5.41) is 9.72. The van der Waals surface area contributed by atoms with Crippen LogP contribution in [-0.2, 0) is 0 Å². The van der Waals surface area contributed by atoms with E-state index < -0.39 is 0 Å². The predicted octanol–water partition coefficient (Wildman–Crippen LogP) is 5.30. The van der Waals surface area contributed by atoms with Crippen LogP contribution in [0.25, 0.3) is 22.3 Å². The van der Waals surface area contributed by atoms with Gasteiger partial charge in [0.25, 0.3) is 0 Å². The molecule has 3 heterocycles. The first-order valence-electron chi connectivity index (χ1n) is 7.69. The van der Waals surface area contributed by atoms with Gasteiger partial charge in [-0.3, -0.25) is 0 Å². The third-order valence-electron chi connectivity index (χ3n) is 3.75. The lowest BCUT2D eigenvalue weighted by molar-refractivity contribution is 0.862. The minimum absolute atomic E-state index is 0.0948. The monoisotopic (exact) mass is 352 g/mol. The summed E-state index contributed by atoms with van der Waals surface area (Å²) in [6, 6.07) is 10.2. The van der Waals surface area contributed by atoms with Crippen molar-refractivity contribution in [3.63, 3.8) is 0 Å². The Hall–Kier alpha value is -2.31. The van der Waals surface area contributed by atoms with E-state index in [1.165, 1.54) is 4.88 Å². The standard InChI is InChI=1S/C18H16N4S2/c1-11-9-19-18(24-11)12(2)20-17-14-5-3-4-6-15(14)21-16(22-17)13-7-8-23-10-13/h3-10,12H,1-2H3,(H,20,21,22). The molecule has 0 spiro atoms. The Kier molecular flexibility index (Phi) is 4.00. The molecular weight excluding hydrogens is 336 g/mol. The quantitative estimate of drug-likeness (QED) is 0.542. The highest BCUT2D eigenvalue weighted by Gasteiger charge is 2.14. The highest BCUT2D eigenvalue weighted by molar-refractivity contribution is 7.11. The van der Waals surface area contributed by atoms with Crippen LogP contribution in [0.2, 0.25) is 0 Å². The van der Waals surface area contributed by atoms with E-state index in [-0.39, 0.29) is 6.04 Å². The Morgan fingerprint density at radius 1 is 1.12 bits per heavy atom. The number of nitrogens with one attached hydrogen (secondary N) is 1. The first kappa shape index (κ1) is 15.2. The summed E-state index contributed by atoms with van der Waals surface area (Å²) >= 11 is 3.36. The Labute approximate surface area is 148 Å². The molecule has 120 valence electrons. The van der Waals surface area contributed by atoms with Crippen LogP contribution in [0.4, 0.5) is 5.82 Å². The van der Waals surface area contributed by atoms with Gasteiger partial charge in [0.2, 0.25) is 0 Å². The van der Waals surface area contributed by atoms with E-state index in [2.05, 4.69) is 35.6 Å². The van der Waals surface area contributed by atoms with Crippen molar-refractivity contribution >= 4 is 39.4 Å². The highest BCUT2D eigenvalue weighted by atomic mass is 32.1. The normalized spacial score (nSPS) is 12.4. The molecule has 0 saturated carbocycles. The molecule has 3 aromatic heterocycles. The molecule has 6 heteroatoms. The van der Waals surface area contributed by atoms with Crippen molar-refractivity contribution in [1.82, 2.24) is 15.0 Å². The lowest BCUT2D eigenvalue weighted by atomic mass is 10.2. The minimum Gasteiger partial charge on any atom is -0.360 e. The van der Waals surface area contributed by atoms with Crippen LogP contribution in [0.5, 0.6) is 0 Å². The first-order chi connectivity index (χ1) is 11.7. The molecule has 0 aliphatic rings. The van der Waals surface area contributed by atoms with E-state index in [0.29, 0.717) is 0 Å². The molecular formula is C18H16N4S2. The largest absolute Gasteiger partial charge is 0.360 e. The van der Waals surface area contributed by atoms with Crippen LogP contribution in [0.3, 0.4) is 0 Å². The average molecular weight is 352 g/mol. The van der Waals surface area contributed by atoms with Gasteiger partial charge in [-0.15, -0.1) is 11.3 Å². The molecule has 24 heavy (non-hydrogen) atoms. The fourth-order valence-electron chi connectivity index (χ4n) is 2.55. The van der Waals surface area contributed by atoms with E-state index in [0.717, 1.165) is 33.1 Å². The number of para-hydroxylation sites is 1. The number of benzene rings is 1. The van der Waals surface area contributed by atoms with Crippen LogP contribution in [0, 0.1) is 6.92 Å². The number of anilines is 1. The maximum atomic E-state index is 4.78. The molecule has 1 unspecified atom stereocenters. The number of thiazole rings is 1. The van der Waals surface area contributed by atoms with Crippen LogP contribution in [-0.4, -0.2) is 15.0 Å². The molecule has 0 amide bonds. The van der Waals surface area contributed by atoms with Gasteiger partial charge in [-0.1, -0.05) is 12.1 Å². The lowest BCUT2D eigenvalue weighted by Gasteiger charge is -2.15. The van der Waals surface area contributed by atoms with Gasteiger partial charge in [-0.05, 0) is 37.4 Å². The summed E-state index contributed by atoms with van der Waals surface area (Å²) in [7, 11) is 0. The molecule has 1 aromatic carbocycles. The van der Waals surface area contributed by atoms with E-state index in [1.54, 1.807) is 22.7 Å². The molecule has 4 nitrogen and oxygen atoms in total. The Morgan fingerprint density at radius 2 is 2.00 bits per heavy atom. The van der Waals surface area contributed by atoms with Crippen LogP contribution < -0.4 is 5.32 Å². The van der Waals surface area contributed by atoms with Crippen molar-refractivity contribution in [2.45, 2.75) is 19.9 Å². The highest BCUT2D eigenvalue weighted by Crippen LogP contribution is 2.29. The molecule has 0 aliphatic carbocycles. The van der Waals surface area contributed by atoms with Crippen LogP contribution >= 0.6 is 22.7 Å². The number of thiophene rings is 1. The van der Waals surface area contributed by atoms with Crippen molar-refractivity contribution in [3.05, 3.63) is 57.2 Å². The summed E-state index contributed by atoms with van der Waals surface area (Å²) < 4.78 is 0. The number of aromatic nitrogens is 3. The van der Waals surface area contributed by atoms with Gasteiger partial charge in [0, 0.05) is 27.4 Å². The van der Waals surface area contributed by atoms with E-state index in [9.17, 15) is 0 Å². The maximum absolute atomic E-state index is 4.78. The molecule has 0 aliphatic heterocycles. The van der Waals surface area contributed by atoms with Crippen LogP contribution in [0.1, 0.15) is 22.9 Å². The summed E-state index contributed by atoms with van der Waals surface area (Å²) in [6.45, 7) is 4.18. The van der Waals surface area contributed by atoms with E-state index in [1.807, 2.05) is 35.8 Å². The number of hydrogen-bond donors (Lipinski definition) is 1. The smallest absolute Gasteiger partial charge is 0.162 e. The zero-order valence-corrected chi connectivity index (χ0v) is 15.0. The molecule has 0 saturated heterocycles. The van der Waals surface area contributed by atoms with Gasteiger partial charge in [0.05, 0.1) is 11.6 Å². The fourth-order valence-corrected chi connectivity index (χ4v) is 3.96. The van der Waals surface area contributed by atoms with Crippen molar-refractivity contribution in [1.29, 1.82) is 0 Å². The first-order valence-corrected chi connectivity index (χ1v) is 9.45. The SMILES string of the molecule is Cc1cnc(C(C)Nc2nc(-c3ccsc3)nc3ccccc23)s1. The van der Waals surface area contributed by atoms with Crippen molar-refractivity contribution in [2.75, 3.05) is 5.32 Å². The van der Waals surface area contributed by atoms with Crippen LogP contribution in [0.15, 0.2) is 47.3 Å². The van der Waals surface area contributed by atoms with Gasteiger partial charge in [0.15, 0.2) is 5.82 Å². The van der Waals surface area contributed by atoms with Gasteiger partial charge in [-0.2, -0.15) is 11.3 Å². The van der Waals surface area contributed by atoms with Gasteiger partial charge >= 0.3 is 0 Å². The molecule has 1 N–H and O–H groups in total. The average Bonchev–Trinajstić information content (AvgIpc) is 3.26. The van der Waals surface area contributed by atoms with Gasteiger partial charge in [-0.25, -0.2) is 15.0 Å². The van der Waals surface area contributed by atoms with Crippen molar-refractivity contribution in [2.24, 2.45) is 0 Å². The zero-order chi connectivity index (χ0) is 16.5. The van der Waals surface area contributed by atoms with Gasteiger partial charge in [0.1, 0.15) is 10.8 Å². The summed E-state index contributed by atoms with van der Waals surface area (Å²) in [5.74, 6) is 1.60. The third kappa shape index (κ3) is 2.90. The number of hydrogen-bond acceptors (Lipinski definition) is 6. The molecule has 4 aromatic rings. The third-order valence-corrected chi connectivity index (χ3v) is 5.52.